The van der Waals surface area contributed by atoms with Gasteiger partial charge < -0.3 is 14.8 Å². The van der Waals surface area contributed by atoms with Crippen LogP contribution in [-0.2, 0) is 15.9 Å². The van der Waals surface area contributed by atoms with Gasteiger partial charge in [0.1, 0.15) is 16.9 Å². The van der Waals surface area contributed by atoms with Gasteiger partial charge in [0.2, 0.25) is 5.78 Å². The van der Waals surface area contributed by atoms with Crippen LogP contribution in [-0.4, -0.2) is 46.1 Å². The summed E-state index contributed by atoms with van der Waals surface area (Å²) in [7, 11) is 0. The second-order valence-corrected chi connectivity index (χ2v) is 8.47. The minimum Gasteiger partial charge on any atom is -0.444 e. The number of nitrogens with zero attached hydrogens (tertiary/aromatic N) is 1. The molecule has 152 valence electrons. The Hall–Kier alpha value is -2.90. The van der Waals surface area contributed by atoms with Crippen molar-refractivity contribution in [3.05, 3.63) is 35.2 Å². The van der Waals surface area contributed by atoms with Gasteiger partial charge in [0.05, 0.1) is 5.56 Å². The summed E-state index contributed by atoms with van der Waals surface area (Å²) in [6.07, 6.45) is 2.63. The summed E-state index contributed by atoms with van der Waals surface area (Å²) in [6, 6.07) is 0. The van der Waals surface area contributed by atoms with E-state index in [1.54, 1.807) is 41.5 Å². The fourth-order valence-corrected chi connectivity index (χ4v) is 2.65. The number of nitrogens with one attached hydrogen (secondary N) is 1. The fraction of sp³-hybridized carbons (Fsp3) is 0.500. The lowest BCUT2D eigenvalue weighted by molar-refractivity contribution is 0.0516. The topological polar surface area (TPSA) is 104 Å². The van der Waals surface area contributed by atoms with E-state index in [9.17, 15) is 19.2 Å². The van der Waals surface area contributed by atoms with Crippen molar-refractivity contribution in [1.82, 2.24) is 9.88 Å². The van der Waals surface area contributed by atoms with Gasteiger partial charge >= 0.3 is 12.2 Å². The lowest BCUT2D eigenvalue weighted by Crippen LogP contribution is -2.33. The highest BCUT2D eigenvalue weighted by atomic mass is 16.6. The number of rotatable bonds is 3. The van der Waals surface area contributed by atoms with E-state index < -0.39 is 29.2 Å². The SMILES string of the molecule is CC(C)(C)OC(=O)NCCc1cn(C(=O)OC(C)(C)C)c2c1C(=O)C=CC2=O. The summed E-state index contributed by atoms with van der Waals surface area (Å²) >= 11 is 0. The van der Waals surface area contributed by atoms with Gasteiger partial charge in [0.15, 0.2) is 5.78 Å². The first-order valence-corrected chi connectivity index (χ1v) is 8.99. The molecule has 8 nitrogen and oxygen atoms in total. The zero-order valence-corrected chi connectivity index (χ0v) is 17.0. The number of carbonyl (C=O) groups is 4. The van der Waals surface area contributed by atoms with Crippen molar-refractivity contribution in [1.29, 1.82) is 0 Å². The van der Waals surface area contributed by atoms with E-state index in [0.29, 0.717) is 5.56 Å². The first-order valence-electron chi connectivity index (χ1n) is 8.99. The molecule has 0 bridgehead atoms. The number of aromatic nitrogens is 1. The smallest absolute Gasteiger partial charge is 0.419 e. The number of fused-ring (bicyclic) bond motifs is 1. The second kappa shape index (κ2) is 7.61. The van der Waals surface area contributed by atoms with Crippen LogP contribution in [0.2, 0.25) is 0 Å². The van der Waals surface area contributed by atoms with Gasteiger partial charge in [-0.3, -0.25) is 9.59 Å². The van der Waals surface area contributed by atoms with Crippen molar-refractivity contribution >= 4 is 23.8 Å². The van der Waals surface area contributed by atoms with Crippen LogP contribution in [0.5, 0.6) is 0 Å². The maximum Gasteiger partial charge on any atom is 0.419 e. The summed E-state index contributed by atoms with van der Waals surface area (Å²) in [4.78, 5) is 48.9. The van der Waals surface area contributed by atoms with Crippen LogP contribution in [0.15, 0.2) is 18.3 Å². The van der Waals surface area contributed by atoms with Crippen LogP contribution < -0.4 is 5.32 Å². The summed E-state index contributed by atoms with van der Waals surface area (Å²) in [5.41, 5.74) is -0.779. The minimum absolute atomic E-state index is 0.0194. The first-order chi connectivity index (χ1) is 12.8. The van der Waals surface area contributed by atoms with Gasteiger partial charge in [-0.15, -0.1) is 0 Å². The zero-order valence-electron chi connectivity index (χ0n) is 17.0. The molecule has 0 unspecified atom stereocenters. The zero-order chi connectivity index (χ0) is 21.3. The highest BCUT2D eigenvalue weighted by Crippen LogP contribution is 2.25. The Kier molecular flexibility index (Phi) is 5.82. The van der Waals surface area contributed by atoms with E-state index in [2.05, 4.69) is 5.32 Å². The van der Waals surface area contributed by atoms with Gasteiger partial charge in [0.25, 0.3) is 0 Å². The standard InChI is InChI=1S/C20H26N2O6/c1-19(2,3)27-17(25)21-10-9-12-11-22(18(26)28-20(4,5)6)16-14(24)8-7-13(23)15(12)16/h7-8,11H,9-10H2,1-6H3,(H,21,25). The van der Waals surface area contributed by atoms with E-state index in [0.717, 1.165) is 10.6 Å². The average molecular weight is 390 g/mol. The van der Waals surface area contributed by atoms with E-state index in [1.165, 1.54) is 12.3 Å². The number of amides is 1. The number of carbonyl (C=O) groups excluding carboxylic acids is 4. The number of allylic oxidation sites excluding steroid dienone is 2. The molecule has 0 spiro atoms. The molecule has 0 fully saturated rings. The number of ether oxygens (including phenoxy) is 2. The molecule has 1 N–H and O–H groups in total. The molecule has 8 heteroatoms. The predicted molar refractivity (Wildman–Crippen MR) is 102 cm³/mol. The molecular formula is C20H26N2O6. The van der Waals surface area contributed by atoms with Crippen LogP contribution in [0.1, 0.15) is 68.0 Å². The summed E-state index contributed by atoms with van der Waals surface area (Å²) in [5, 5.41) is 2.60. The van der Waals surface area contributed by atoms with Crippen LogP contribution >= 0.6 is 0 Å². The normalized spacial score (nSPS) is 13.9. The molecule has 0 aromatic carbocycles. The van der Waals surface area contributed by atoms with Gasteiger partial charge in [0, 0.05) is 12.7 Å². The van der Waals surface area contributed by atoms with Crippen molar-refractivity contribution in [3.8, 4) is 0 Å². The highest BCUT2D eigenvalue weighted by Gasteiger charge is 2.31. The lowest BCUT2D eigenvalue weighted by atomic mass is 9.97. The third kappa shape index (κ3) is 5.31. The number of ketones is 2. The van der Waals surface area contributed by atoms with Crippen LogP contribution in [0.3, 0.4) is 0 Å². The van der Waals surface area contributed by atoms with Crippen molar-refractivity contribution in [3.63, 3.8) is 0 Å². The molecule has 0 saturated heterocycles. The Morgan fingerprint density at radius 2 is 1.54 bits per heavy atom. The Morgan fingerprint density at radius 3 is 2.11 bits per heavy atom. The highest BCUT2D eigenvalue weighted by molar-refractivity contribution is 6.23. The van der Waals surface area contributed by atoms with Crippen LogP contribution in [0.4, 0.5) is 9.59 Å². The maximum absolute atomic E-state index is 12.5. The van der Waals surface area contributed by atoms with Crippen molar-refractivity contribution in [2.75, 3.05) is 6.54 Å². The Balaban J connectivity index is 2.25. The van der Waals surface area contributed by atoms with Gasteiger partial charge in [-0.25, -0.2) is 14.2 Å². The number of hydrogen-bond donors (Lipinski definition) is 1. The summed E-state index contributed by atoms with van der Waals surface area (Å²) in [5.74, 6) is -0.823. The lowest BCUT2D eigenvalue weighted by Gasteiger charge is -2.20. The summed E-state index contributed by atoms with van der Waals surface area (Å²) < 4.78 is 11.6. The van der Waals surface area contributed by atoms with Gasteiger partial charge in [-0.1, -0.05) is 0 Å². The van der Waals surface area contributed by atoms with Crippen LogP contribution in [0.25, 0.3) is 0 Å². The third-order valence-corrected chi connectivity index (χ3v) is 3.60. The van der Waals surface area contributed by atoms with E-state index >= 15 is 0 Å². The molecule has 1 aliphatic rings. The molecule has 0 aliphatic heterocycles. The molecule has 0 atom stereocenters. The Morgan fingerprint density at radius 1 is 0.964 bits per heavy atom. The molecule has 1 amide bonds. The van der Waals surface area contributed by atoms with Gasteiger partial charge in [-0.2, -0.15) is 0 Å². The Bertz CT molecular complexity index is 849. The van der Waals surface area contributed by atoms with E-state index in [1.807, 2.05) is 0 Å². The summed E-state index contributed by atoms with van der Waals surface area (Å²) in [6.45, 7) is 10.5. The largest absolute Gasteiger partial charge is 0.444 e. The van der Waals surface area contributed by atoms with Crippen molar-refractivity contribution in [2.24, 2.45) is 0 Å². The second-order valence-electron chi connectivity index (χ2n) is 8.47. The molecule has 0 radical (unpaired) electrons. The molecular weight excluding hydrogens is 364 g/mol. The molecule has 2 rings (SSSR count). The first kappa shape index (κ1) is 21.4. The minimum atomic E-state index is -0.760. The van der Waals surface area contributed by atoms with Crippen LogP contribution in [0, 0.1) is 0 Å². The molecule has 0 saturated carbocycles. The van der Waals surface area contributed by atoms with Crippen molar-refractivity contribution < 1.29 is 28.7 Å². The fourth-order valence-electron chi connectivity index (χ4n) is 2.65. The van der Waals surface area contributed by atoms with Gasteiger partial charge in [-0.05, 0) is 65.7 Å². The third-order valence-electron chi connectivity index (χ3n) is 3.60. The molecule has 28 heavy (non-hydrogen) atoms. The molecule has 1 aromatic rings. The average Bonchev–Trinajstić information content (AvgIpc) is 2.88. The Labute approximate surface area is 163 Å². The number of hydrogen-bond acceptors (Lipinski definition) is 6. The monoisotopic (exact) mass is 390 g/mol. The maximum atomic E-state index is 12.5. The van der Waals surface area contributed by atoms with Crippen molar-refractivity contribution in [2.45, 2.75) is 59.2 Å². The van der Waals surface area contributed by atoms with E-state index in [4.69, 9.17) is 9.47 Å². The number of alkyl carbamates (subject to hydrolysis) is 1. The molecule has 1 aromatic heterocycles. The molecule has 1 heterocycles. The van der Waals surface area contributed by atoms with E-state index in [-0.39, 0.29) is 30.0 Å². The quantitative estimate of drug-likeness (QED) is 0.849. The predicted octanol–water partition coefficient (Wildman–Crippen LogP) is 3.27. The molecule has 1 aliphatic carbocycles.